The predicted molar refractivity (Wildman–Crippen MR) is 109 cm³/mol. The van der Waals surface area contributed by atoms with E-state index in [1.807, 2.05) is 36.4 Å². The standard InChI is InChI=1S/C22H23F2N3O2/c23-22(24)6-8-27(14-22)12-18(28)13-29-19-4-3-15-9-17(2-1-16(15)10-19)20-11-26-7-5-21(20)25/h1-5,7,9-11,18,28H,6,8,12-14H2,(H2,25,26). The van der Waals surface area contributed by atoms with Crippen molar-refractivity contribution in [2.75, 3.05) is 32.0 Å². The lowest BCUT2D eigenvalue weighted by Gasteiger charge is -2.20. The lowest BCUT2D eigenvalue weighted by atomic mass is 10.0. The fraction of sp³-hybridized carbons (Fsp3) is 0.318. The molecule has 3 N–H and O–H groups in total. The maximum absolute atomic E-state index is 13.2. The Morgan fingerprint density at radius 1 is 1.17 bits per heavy atom. The van der Waals surface area contributed by atoms with Gasteiger partial charge < -0.3 is 15.6 Å². The minimum atomic E-state index is -2.65. The van der Waals surface area contributed by atoms with Crippen LogP contribution in [0, 0.1) is 0 Å². The van der Waals surface area contributed by atoms with Gasteiger partial charge in [-0.1, -0.05) is 18.2 Å². The molecule has 4 rings (SSSR count). The first kappa shape index (κ1) is 19.5. The van der Waals surface area contributed by atoms with Crippen LogP contribution in [0.2, 0.25) is 0 Å². The first-order valence-electron chi connectivity index (χ1n) is 9.54. The van der Waals surface area contributed by atoms with Crippen molar-refractivity contribution in [2.45, 2.75) is 18.4 Å². The molecule has 2 heterocycles. The summed E-state index contributed by atoms with van der Waals surface area (Å²) in [6, 6.07) is 13.4. The summed E-state index contributed by atoms with van der Waals surface area (Å²) >= 11 is 0. The molecule has 1 atom stereocenters. The normalized spacial score (nSPS) is 17.5. The topological polar surface area (TPSA) is 71.6 Å². The van der Waals surface area contributed by atoms with Crippen molar-refractivity contribution in [1.29, 1.82) is 0 Å². The summed E-state index contributed by atoms with van der Waals surface area (Å²) in [6.45, 7) is 0.227. The highest BCUT2D eigenvalue weighted by Crippen LogP contribution is 2.30. The van der Waals surface area contributed by atoms with Crippen LogP contribution in [-0.4, -0.2) is 53.3 Å². The molecule has 5 nitrogen and oxygen atoms in total. The van der Waals surface area contributed by atoms with E-state index in [1.165, 1.54) is 0 Å². The Hall–Kier alpha value is -2.77. The number of nitrogens with two attached hydrogens (primary N) is 1. The number of aliphatic hydroxyl groups is 1. The molecule has 3 aromatic rings. The van der Waals surface area contributed by atoms with E-state index in [0.29, 0.717) is 18.0 Å². The monoisotopic (exact) mass is 399 g/mol. The Labute approximate surface area is 167 Å². The zero-order chi connectivity index (χ0) is 20.4. The number of rotatable bonds is 6. The van der Waals surface area contributed by atoms with Gasteiger partial charge in [-0.15, -0.1) is 0 Å². The van der Waals surface area contributed by atoms with Crippen LogP contribution in [0.4, 0.5) is 14.5 Å². The van der Waals surface area contributed by atoms with Crippen molar-refractivity contribution in [2.24, 2.45) is 0 Å². The minimum absolute atomic E-state index is 0.0535. The highest BCUT2D eigenvalue weighted by molar-refractivity contribution is 5.90. The number of benzene rings is 2. The number of hydrogen-bond acceptors (Lipinski definition) is 5. The molecule has 0 saturated carbocycles. The third-order valence-electron chi connectivity index (χ3n) is 5.14. The average Bonchev–Trinajstić information content (AvgIpc) is 3.04. The quantitative estimate of drug-likeness (QED) is 0.663. The van der Waals surface area contributed by atoms with Gasteiger partial charge in [-0.25, -0.2) is 8.78 Å². The van der Waals surface area contributed by atoms with Crippen molar-refractivity contribution >= 4 is 16.5 Å². The number of anilines is 1. The van der Waals surface area contributed by atoms with Gasteiger partial charge >= 0.3 is 0 Å². The zero-order valence-corrected chi connectivity index (χ0v) is 15.9. The van der Waals surface area contributed by atoms with Crippen molar-refractivity contribution in [3.63, 3.8) is 0 Å². The Kier molecular flexibility index (Phi) is 5.34. The van der Waals surface area contributed by atoms with Gasteiger partial charge in [0.15, 0.2) is 0 Å². The zero-order valence-electron chi connectivity index (χ0n) is 15.9. The molecule has 1 saturated heterocycles. The Bertz CT molecular complexity index is 1010. The van der Waals surface area contributed by atoms with Crippen LogP contribution < -0.4 is 10.5 Å². The van der Waals surface area contributed by atoms with Crippen molar-refractivity contribution < 1.29 is 18.6 Å². The summed E-state index contributed by atoms with van der Waals surface area (Å²) in [5.74, 6) is -2.03. The first-order valence-corrected chi connectivity index (χ1v) is 9.54. The van der Waals surface area contributed by atoms with E-state index in [2.05, 4.69) is 4.98 Å². The van der Waals surface area contributed by atoms with Crippen LogP contribution in [0.3, 0.4) is 0 Å². The second-order valence-corrected chi connectivity index (χ2v) is 7.49. The first-order chi connectivity index (χ1) is 13.9. The van der Waals surface area contributed by atoms with E-state index in [0.717, 1.165) is 21.9 Å². The second kappa shape index (κ2) is 7.93. The van der Waals surface area contributed by atoms with Gasteiger partial charge in [0.25, 0.3) is 5.92 Å². The van der Waals surface area contributed by atoms with Crippen molar-refractivity contribution in [3.8, 4) is 16.9 Å². The number of aliphatic hydroxyl groups excluding tert-OH is 1. The number of alkyl halides is 2. The van der Waals surface area contributed by atoms with Crippen molar-refractivity contribution in [1.82, 2.24) is 9.88 Å². The van der Waals surface area contributed by atoms with Gasteiger partial charge in [-0.3, -0.25) is 9.88 Å². The summed E-state index contributed by atoms with van der Waals surface area (Å²) in [4.78, 5) is 5.70. The summed E-state index contributed by atoms with van der Waals surface area (Å²) in [5.41, 5.74) is 8.56. The molecule has 7 heteroatoms. The molecule has 1 unspecified atom stereocenters. The van der Waals surface area contributed by atoms with Gasteiger partial charge in [0.05, 0.1) is 6.54 Å². The SMILES string of the molecule is Nc1ccncc1-c1ccc2cc(OCC(O)CN3CCC(F)(F)C3)ccc2c1. The number of fused-ring (bicyclic) bond motifs is 1. The molecule has 29 heavy (non-hydrogen) atoms. The maximum Gasteiger partial charge on any atom is 0.261 e. The van der Waals surface area contributed by atoms with Crippen LogP contribution in [0.25, 0.3) is 21.9 Å². The molecule has 1 aliphatic heterocycles. The van der Waals surface area contributed by atoms with Crippen molar-refractivity contribution in [3.05, 3.63) is 54.9 Å². The van der Waals surface area contributed by atoms with E-state index in [-0.39, 0.29) is 26.1 Å². The van der Waals surface area contributed by atoms with E-state index in [4.69, 9.17) is 10.5 Å². The van der Waals surface area contributed by atoms with Crippen LogP contribution in [-0.2, 0) is 0 Å². The molecule has 0 aliphatic carbocycles. The molecule has 152 valence electrons. The average molecular weight is 399 g/mol. The molecule has 0 spiro atoms. The van der Waals surface area contributed by atoms with Gasteiger partial charge in [0.1, 0.15) is 18.5 Å². The van der Waals surface area contributed by atoms with E-state index in [1.54, 1.807) is 23.4 Å². The third kappa shape index (κ3) is 4.63. The number of ether oxygens (including phenoxy) is 1. The number of aromatic nitrogens is 1. The molecule has 1 fully saturated rings. The minimum Gasteiger partial charge on any atom is -0.491 e. The largest absolute Gasteiger partial charge is 0.491 e. The van der Waals surface area contributed by atoms with E-state index >= 15 is 0 Å². The molecular formula is C22H23F2N3O2. The van der Waals surface area contributed by atoms with Gasteiger partial charge in [-0.2, -0.15) is 0 Å². The second-order valence-electron chi connectivity index (χ2n) is 7.49. The number of nitrogens with zero attached hydrogens (tertiary/aromatic N) is 2. The number of β-amino-alcohol motifs (C(OH)–C–C–N with tert-alkyl or cyclic N) is 1. The molecule has 2 aromatic carbocycles. The van der Waals surface area contributed by atoms with E-state index < -0.39 is 12.0 Å². The Morgan fingerprint density at radius 3 is 2.72 bits per heavy atom. The Balaban J connectivity index is 1.40. The number of nitrogen functional groups attached to an aromatic ring is 1. The lowest BCUT2D eigenvalue weighted by molar-refractivity contribution is 0.00461. The molecule has 1 aliphatic rings. The number of halogens is 2. The number of pyridine rings is 1. The van der Waals surface area contributed by atoms with Crippen LogP contribution >= 0.6 is 0 Å². The molecule has 1 aromatic heterocycles. The Morgan fingerprint density at radius 2 is 1.97 bits per heavy atom. The van der Waals surface area contributed by atoms with Crippen LogP contribution in [0.1, 0.15) is 6.42 Å². The highest BCUT2D eigenvalue weighted by Gasteiger charge is 2.38. The predicted octanol–water partition coefficient (Wildman–Crippen LogP) is 3.56. The molecular weight excluding hydrogens is 376 g/mol. The molecule has 0 amide bonds. The van der Waals surface area contributed by atoms with Crippen LogP contribution in [0.5, 0.6) is 5.75 Å². The number of likely N-dealkylation sites (tertiary alicyclic amines) is 1. The van der Waals surface area contributed by atoms with Gasteiger partial charge in [0, 0.05) is 43.2 Å². The fourth-order valence-electron chi connectivity index (χ4n) is 3.63. The summed E-state index contributed by atoms with van der Waals surface area (Å²) in [7, 11) is 0. The summed E-state index contributed by atoms with van der Waals surface area (Å²) in [6.07, 6.45) is 2.42. The molecule has 0 bridgehead atoms. The summed E-state index contributed by atoms with van der Waals surface area (Å²) in [5, 5.41) is 12.1. The highest BCUT2D eigenvalue weighted by atomic mass is 19.3. The van der Waals surface area contributed by atoms with Crippen LogP contribution in [0.15, 0.2) is 54.9 Å². The third-order valence-corrected chi connectivity index (χ3v) is 5.14. The van der Waals surface area contributed by atoms with E-state index in [9.17, 15) is 13.9 Å². The maximum atomic E-state index is 13.2. The smallest absolute Gasteiger partial charge is 0.261 e. The molecule has 0 radical (unpaired) electrons. The lowest BCUT2D eigenvalue weighted by Crippen LogP contribution is -2.35. The number of hydrogen-bond donors (Lipinski definition) is 2. The van der Waals surface area contributed by atoms with Gasteiger partial charge in [-0.05, 0) is 40.6 Å². The summed E-state index contributed by atoms with van der Waals surface area (Å²) < 4.78 is 32.2. The van der Waals surface area contributed by atoms with Gasteiger partial charge in [0.2, 0.25) is 0 Å². The fourth-order valence-corrected chi connectivity index (χ4v) is 3.63.